The van der Waals surface area contributed by atoms with Gasteiger partial charge >= 0.3 is 0 Å². The van der Waals surface area contributed by atoms with Crippen LogP contribution in [0, 0.1) is 22.7 Å². The first kappa shape index (κ1) is 25.7. The van der Waals surface area contributed by atoms with Gasteiger partial charge in [-0.15, -0.1) is 0 Å². The first-order chi connectivity index (χ1) is 17.2. The lowest BCUT2D eigenvalue weighted by molar-refractivity contribution is -0.408. The molecule has 204 valence electrons. The summed E-state index contributed by atoms with van der Waals surface area (Å²) in [5, 5.41) is 10.3. The SMILES string of the molecule is COC1CC(O[C@H]2CC[C@@]3(C)C(=CC[C@@H]4[C@@H]3CC[C@]3(C)C[C@H]5CO[C@@]43O[C@@H](C)CO5)C2)OC(C)C1O. The lowest BCUT2D eigenvalue weighted by atomic mass is 9.47. The van der Waals surface area contributed by atoms with Crippen LogP contribution in [-0.2, 0) is 28.4 Å². The fourth-order valence-corrected chi connectivity index (χ4v) is 8.79. The molecule has 0 aromatic heterocycles. The van der Waals surface area contributed by atoms with Crippen LogP contribution in [0.25, 0.3) is 0 Å². The van der Waals surface area contributed by atoms with Gasteiger partial charge in [0.25, 0.3) is 0 Å². The summed E-state index contributed by atoms with van der Waals surface area (Å²) in [4.78, 5) is 0. The topological polar surface area (TPSA) is 75.6 Å². The quantitative estimate of drug-likeness (QED) is 0.570. The van der Waals surface area contributed by atoms with Gasteiger partial charge in [-0.2, -0.15) is 0 Å². The Hall–Kier alpha value is -0.540. The molecule has 4 heterocycles. The second-order valence-electron chi connectivity index (χ2n) is 13.0. The van der Waals surface area contributed by atoms with Crippen molar-refractivity contribution in [1.29, 1.82) is 0 Å². The third-order valence-corrected chi connectivity index (χ3v) is 10.8. The van der Waals surface area contributed by atoms with E-state index in [1.54, 1.807) is 12.7 Å². The highest BCUT2D eigenvalue weighted by Gasteiger charge is 2.67. The van der Waals surface area contributed by atoms with Crippen LogP contribution in [0.1, 0.15) is 79.1 Å². The Labute approximate surface area is 216 Å². The maximum atomic E-state index is 10.3. The second-order valence-corrected chi connectivity index (χ2v) is 13.0. The Morgan fingerprint density at radius 2 is 1.92 bits per heavy atom. The molecule has 7 rings (SSSR count). The summed E-state index contributed by atoms with van der Waals surface area (Å²) in [5.41, 5.74) is 1.69. The number of aliphatic hydroxyl groups is 1. The van der Waals surface area contributed by atoms with Crippen molar-refractivity contribution in [2.75, 3.05) is 20.3 Å². The fourth-order valence-electron chi connectivity index (χ4n) is 8.79. The smallest absolute Gasteiger partial charge is 0.177 e. The van der Waals surface area contributed by atoms with E-state index in [2.05, 4.69) is 26.8 Å². The van der Waals surface area contributed by atoms with Crippen LogP contribution in [0.15, 0.2) is 11.6 Å². The predicted molar refractivity (Wildman–Crippen MR) is 133 cm³/mol. The third kappa shape index (κ3) is 3.95. The average molecular weight is 507 g/mol. The Morgan fingerprint density at radius 1 is 1.08 bits per heavy atom. The van der Waals surface area contributed by atoms with Gasteiger partial charge in [0.05, 0.1) is 43.7 Å². The molecule has 0 radical (unpaired) electrons. The molecule has 4 saturated heterocycles. The number of allylic oxidation sites excluding steroid dienone is 1. The third-order valence-electron chi connectivity index (χ3n) is 10.8. The van der Waals surface area contributed by atoms with Crippen molar-refractivity contribution in [3.8, 4) is 0 Å². The zero-order valence-electron chi connectivity index (χ0n) is 22.7. The number of aliphatic hydroxyl groups excluding tert-OH is 1. The van der Waals surface area contributed by atoms with Gasteiger partial charge in [0.1, 0.15) is 6.10 Å². The monoisotopic (exact) mass is 506 g/mol. The maximum Gasteiger partial charge on any atom is 0.177 e. The van der Waals surface area contributed by atoms with Gasteiger partial charge in [0, 0.05) is 24.9 Å². The van der Waals surface area contributed by atoms with Crippen LogP contribution in [-0.4, -0.2) is 74.1 Å². The zero-order chi connectivity index (χ0) is 25.3. The number of hydrogen-bond acceptors (Lipinski definition) is 7. The minimum atomic E-state index is -0.610. The maximum absolute atomic E-state index is 10.3. The molecule has 7 nitrogen and oxygen atoms in total. The highest BCUT2D eigenvalue weighted by molar-refractivity contribution is 5.26. The van der Waals surface area contributed by atoms with Crippen molar-refractivity contribution >= 4 is 0 Å². The molecule has 7 heteroatoms. The van der Waals surface area contributed by atoms with E-state index >= 15 is 0 Å². The second kappa shape index (κ2) is 9.29. The van der Waals surface area contributed by atoms with E-state index in [0.29, 0.717) is 31.5 Å². The van der Waals surface area contributed by atoms with E-state index in [1.165, 1.54) is 6.42 Å². The predicted octanol–water partition coefficient (Wildman–Crippen LogP) is 4.36. The van der Waals surface area contributed by atoms with Crippen LogP contribution in [0.5, 0.6) is 0 Å². The number of ether oxygens (including phenoxy) is 6. The van der Waals surface area contributed by atoms with Crippen LogP contribution in [0.2, 0.25) is 0 Å². The molecule has 4 aliphatic heterocycles. The highest BCUT2D eigenvalue weighted by atomic mass is 16.7. The van der Waals surface area contributed by atoms with Crippen molar-refractivity contribution in [2.45, 2.75) is 128 Å². The van der Waals surface area contributed by atoms with Crippen molar-refractivity contribution < 1.29 is 33.5 Å². The molecule has 0 aromatic rings. The molecule has 3 aliphatic carbocycles. The molecule has 1 N–H and O–H groups in total. The number of methoxy groups -OCH3 is 1. The van der Waals surface area contributed by atoms with E-state index in [4.69, 9.17) is 28.4 Å². The van der Waals surface area contributed by atoms with Crippen molar-refractivity contribution in [1.82, 2.24) is 0 Å². The molecular formula is C29H46O7. The van der Waals surface area contributed by atoms with Crippen LogP contribution in [0.4, 0.5) is 0 Å². The van der Waals surface area contributed by atoms with E-state index in [9.17, 15) is 5.11 Å². The van der Waals surface area contributed by atoms with Crippen LogP contribution in [0.3, 0.4) is 0 Å². The Kier molecular flexibility index (Phi) is 6.63. The molecular weight excluding hydrogens is 460 g/mol. The summed E-state index contributed by atoms with van der Waals surface area (Å²) in [6.45, 7) is 10.2. The summed E-state index contributed by atoms with van der Waals surface area (Å²) in [5.74, 6) is 0.404. The Balaban J connectivity index is 1.21. The van der Waals surface area contributed by atoms with Gasteiger partial charge in [-0.25, -0.2) is 0 Å². The molecule has 12 atom stereocenters. The van der Waals surface area contributed by atoms with Crippen LogP contribution < -0.4 is 0 Å². The van der Waals surface area contributed by atoms with Gasteiger partial charge in [0.2, 0.25) is 0 Å². The van der Waals surface area contributed by atoms with Crippen molar-refractivity contribution in [3.05, 3.63) is 11.6 Å². The van der Waals surface area contributed by atoms with Gasteiger partial charge in [-0.3, -0.25) is 0 Å². The van der Waals surface area contributed by atoms with Crippen LogP contribution >= 0.6 is 0 Å². The largest absolute Gasteiger partial charge is 0.388 e. The summed E-state index contributed by atoms with van der Waals surface area (Å²) in [7, 11) is 1.65. The summed E-state index contributed by atoms with van der Waals surface area (Å²) >= 11 is 0. The van der Waals surface area contributed by atoms with E-state index in [0.717, 1.165) is 38.5 Å². The fraction of sp³-hybridized carbons (Fsp3) is 0.931. The zero-order valence-corrected chi connectivity index (χ0v) is 22.7. The lowest BCUT2D eigenvalue weighted by Gasteiger charge is -2.66. The summed E-state index contributed by atoms with van der Waals surface area (Å²) < 4.78 is 37.7. The molecule has 4 unspecified atom stereocenters. The average Bonchev–Trinajstić information content (AvgIpc) is 2.84. The van der Waals surface area contributed by atoms with E-state index in [1.807, 2.05) is 6.92 Å². The molecule has 36 heavy (non-hydrogen) atoms. The Bertz CT molecular complexity index is 863. The molecule has 7 aliphatic rings. The number of rotatable bonds is 3. The molecule has 2 saturated carbocycles. The molecule has 0 aromatic carbocycles. The minimum absolute atomic E-state index is 0.00868. The van der Waals surface area contributed by atoms with Crippen molar-refractivity contribution in [2.24, 2.45) is 22.7 Å². The minimum Gasteiger partial charge on any atom is -0.388 e. The molecule has 0 amide bonds. The number of hydrogen-bond donors (Lipinski definition) is 1. The first-order valence-electron chi connectivity index (χ1n) is 14.3. The Morgan fingerprint density at radius 3 is 2.72 bits per heavy atom. The molecule has 2 bridgehead atoms. The lowest BCUT2D eigenvalue weighted by Crippen LogP contribution is -2.69. The first-order valence-corrected chi connectivity index (χ1v) is 14.3. The molecule has 1 spiro atoms. The van der Waals surface area contributed by atoms with Gasteiger partial charge in [-0.05, 0) is 70.1 Å². The highest BCUT2D eigenvalue weighted by Crippen LogP contribution is 2.66. The van der Waals surface area contributed by atoms with Gasteiger partial charge in [0.15, 0.2) is 12.1 Å². The van der Waals surface area contributed by atoms with Gasteiger partial charge in [-0.1, -0.05) is 25.5 Å². The molecule has 6 fully saturated rings. The summed E-state index contributed by atoms with van der Waals surface area (Å²) in [6, 6.07) is 0. The normalized spacial score (nSPS) is 54.9. The standard InChI is InChI=1S/C29H46O7/c1-17-15-32-21-14-27(3)10-9-22-23(29(27,36-17)33-16-21)7-6-19-12-20(8-11-28(19,22)4)35-25-13-24(31-5)26(30)18(2)34-25/h6,17-18,20-26,30H,7-16H2,1-5H3/t17-,18?,20-,21-,22-,23+,24?,25?,26?,27+,28-,29+/m0/s1. The van der Waals surface area contributed by atoms with Crippen molar-refractivity contribution in [3.63, 3.8) is 0 Å². The number of fused-ring (bicyclic) bond motifs is 7. The van der Waals surface area contributed by atoms with E-state index in [-0.39, 0.29) is 47.6 Å². The van der Waals surface area contributed by atoms with Gasteiger partial charge < -0.3 is 33.5 Å². The van der Waals surface area contributed by atoms with E-state index < -0.39 is 11.9 Å². The summed E-state index contributed by atoms with van der Waals surface area (Å²) in [6.07, 6.45) is 9.41.